The lowest BCUT2D eigenvalue weighted by Crippen LogP contribution is -2.33. The monoisotopic (exact) mass is 458 g/mol. The maximum absolute atomic E-state index is 11.7. The van der Waals surface area contributed by atoms with Crippen molar-refractivity contribution in [2.45, 2.75) is 80.4 Å². The summed E-state index contributed by atoms with van der Waals surface area (Å²) in [5, 5.41) is 9.06. The van der Waals surface area contributed by atoms with E-state index in [1.165, 1.54) is 17.7 Å². The van der Waals surface area contributed by atoms with Crippen LogP contribution in [0.2, 0.25) is 0 Å². The molecule has 0 bridgehead atoms. The molecule has 0 fully saturated rings. The molecule has 0 aliphatic heterocycles. The lowest BCUT2D eigenvalue weighted by molar-refractivity contribution is -0.144. The van der Waals surface area contributed by atoms with Gasteiger partial charge in [-0.05, 0) is 74.6 Å². The number of phenolic OH excluding ortho intramolecular Hbond substituents is 1. The standard InChI is InChI=1S/C16H26O2.C12H16O3/c1-7-12(2)13-8-10-14(11-9-13)18-15(17-6)16(3,4)5;1-4-12(2,3)11(14)15-10-7-5-9(13)6-8-10/h8-12,15H,7H2,1-6H3;5-8,13H,4H2,1-3H3. The minimum absolute atomic E-state index is 0.0376. The number of aromatic hydroxyl groups is 1. The topological polar surface area (TPSA) is 65.0 Å². The van der Waals surface area contributed by atoms with Crippen LogP contribution in [0, 0.1) is 10.8 Å². The Balaban J connectivity index is 0.000000335. The molecule has 0 aromatic heterocycles. The van der Waals surface area contributed by atoms with Gasteiger partial charge in [-0.15, -0.1) is 0 Å². The Labute approximate surface area is 200 Å². The van der Waals surface area contributed by atoms with Gasteiger partial charge in [0.15, 0.2) is 0 Å². The SMILES string of the molecule is CCC(C)(C)C(=O)Oc1ccc(O)cc1.CCC(C)c1ccc(OC(OC)C(C)(C)C)cc1. The Kier molecular flexibility index (Phi) is 10.9. The highest BCUT2D eigenvalue weighted by atomic mass is 16.7. The summed E-state index contributed by atoms with van der Waals surface area (Å²) in [6.07, 6.45) is 1.65. The Morgan fingerprint density at radius 1 is 0.909 bits per heavy atom. The first-order valence-corrected chi connectivity index (χ1v) is 11.6. The van der Waals surface area contributed by atoms with E-state index in [9.17, 15) is 4.79 Å². The second-order valence-corrected chi connectivity index (χ2v) is 10.1. The number of hydrogen-bond donors (Lipinski definition) is 1. The zero-order valence-corrected chi connectivity index (χ0v) is 21.8. The number of benzene rings is 2. The first-order chi connectivity index (χ1) is 15.3. The second kappa shape index (κ2) is 12.6. The van der Waals surface area contributed by atoms with Crippen LogP contribution in [0.15, 0.2) is 48.5 Å². The van der Waals surface area contributed by atoms with E-state index in [4.69, 9.17) is 19.3 Å². The summed E-state index contributed by atoms with van der Waals surface area (Å²) in [7, 11) is 1.68. The zero-order valence-electron chi connectivity index (χ0n) is 21.8. The van der Waals surface area contributed by atoms with Crippen molar-refractivity contribution < 1.29 is 24.1 Å². The van der Waals surface area contributed by atoms with E-state index in [0.29, 0.717) is 11.7 Å². The normalized spacial score (nSPS) is 13.4. The number of esters is 1. The Bertz CT molecular complexity index is 832. The first kappa shape index (κ1) is 28.5. The molecule has 2 aromatic rings. The van der Waals surface area contributed by atoms with Crippen molar-refractivity contribution in [3.63, 3.8) is 0 Å². The van der Waals surface area contributed by atoms with Crippen LogP contribution >= 0.6 is 0 Å². The number of carbonyl (C=O) groups excluding carboxylic acids is 1. The summed E-state index contributed by atoms with van der Waals surface area (Å²) >= 11 is 0. The maximum Gasteiger partial charge on any atom is 0.316 e. The predicted octanol–water partition coefficient (Wildman–Crippen LogP) is 7.33. The average molecular weight is 459 g/mol. The van der Waals surface area contributed by atoms with Gasteiger partial charge in [0, 0.05) is 12.5 Å². The van der Waals surface area contributed by atoms with Crippen molar-refractivity contribution in [2.75, 3.05) is 7.11 Å². The van der Waals surface area contributed by atoms with Gasteiger partial charge >= 0.3 is 5.97 Å². The first-order valence-electron chi connectivity index (χ1n) is 11.6. The van der Waals surface area contributed by atoms with Crippen molar-refractivity contribution >= 4 is 5.97 Å². The van der Waals surface area contributed by atoms with E-state index in [2.05, 4.69) is 46.8 Å². The van der Waals surface area contributed by atoms with Gasteiger partial charge in [-0.2, -0.15) is 0 Å². The minimum Gasteiger partial charge on any atom is -0.508 e. The molecule has 5 nitrogen and oxygen atoms in total. The highest BCUT2D eigenvalue weighted by Gasteiger charge is 2.27. The molecular weight excluding hydrogens is 416 g/mol. The number of rotatable bonds is 8. The molecule has 2 aromatic carbocycles. The summed E-state index contributed by atoms with van der Waals surface area (Å²) in [5.74, 6) is 1.82. The largest absolute Gasteiger partial charge is 0.508 e. The van der Waals surface area contributed by atoms with E-state index in [0.717, 1.165) is 18.6 Å². The molecule has 2 rings (SSSR count). The molecule has 0 spiro atoms. The molecule has 2 atom stereocenters. The molecule has 0 radical (unpaired) electrons. The molecule has 5 heteroatoms. The van der Waals surface area contributed by atoms with E-state index < -0.39 is 5.41 Å². The van der Waals surface area contributed by atoms with Gasteiger partial charge in [0.05, 0.1) is 5.41 Å². The third kappa shape index (κ3) is 9.47. The van der Waals surface area contributed by atoms with Crippen LogP contribution in [-0.2, 0) is 9.53 Å². The molecular formula is C28H42O5. The van der Waals surface area contributed by atoms with Crippen molar-refractivity contribution in [2.24, 2.45) is 10.8 Å². The van der Waals surface area contributed by atoms with Gasteiger partial charge in [-0.25, -0.2) is 0 Å². The molecule has 33 heavy (non-hydrogen) atoms. The minimum atomic E-state index is -0.474. The lowest BCUT2D eigenvalue weighted by Gasteiger charge is -2.29. The summed E-state index contributed by atoms with van der Waals surface area (Å²) in [6, 6.07) is 14.4. The number of carbonyl (C=O) groups is 1. The van der Waals surface area contributed by atoms with Gasteiger partial charge in [0.1, 0.15) is 17.2 Å². The molecule has 0 amide bonds. The Morgan fingerprint density at radius 2 is 1.42 bits per heavy atom. The van der Waals surface area contributed by atoms with Crippen LogP contribution in [0.1, 0.15) is 79.7 Å². The van der Waals surface area contributed by atoms with Gasteiger partial charge < -0.3 is 19.3 Å². The molecule has 2 unspecified atom stereocenters. The van der Waals surface area contributed by atoms with Crippen molar-refractivity contribution in [3.05, 3.63) is 54.1 Å². The van der Waals surface area contributed by atoms with E-state index >= 15 is 0 Å². The maximum atomic E-state index is 11.7. The third-order valence-corrected chi connectivity index (χ3v) is 5.71. The summed E-state index contributed by atoms with van der Waals surface area (Å²) in [6.45, 7) is 16.4. The van der Waals surface area contributed by atoms with Gasteiger partial charge in [-0.3, -0.25) is 4.79 Å². The molecule has 0 saturated carbocycles. The average Bonchev–Trinajstić information content (AvgIpc) is 2.78. The second-order valence-electron chi connectivity index (χ2n) is 10.1. The van der Waals surface area contributed by atoms with Crippen LogP contribution < -0.4 is 9.47 Å². The molecule has 184 valence electrons. The summed E-state index contributed by atoms with van der Waals surface area (Å²) < 4.78 is 16.4. The number of hydrogen-bond acceptors (Lipinski definition) is 5. The third-order valence-electron chi connectivity index (χ3n) is 5.71. The van der Waals surface area contributed by atoms with Crippen LogP contribution in [0.5, 0.6) is 17.2 Å². The lowest BCUT2D eigenvalue weighted by atomic mass is 9.91. The Hall–Kier alpha value is -2.53. The van der Waals surface area contributed by atoms with E-state index in [-0.39, 0.29) is 23.4 Å². The van der Waals surface area contributed by atoms with Crippen molar-refractivity contribution in [1.29, 1.82) is 0 Å². The molecule has 0 saturated heterocycles. The zero-order chi connectivity index (χ0) is 25.2. The van der Waals surface area contributed by atoms with Crippen molar-refractivity contribution in [1.82, 2.24) is 0 Å². The van der Waals surface area contributed by atoms with Crippen LogP contribution in [0.4, 0.5) is 0 Å². The smallest absolute Gasteiger partial charge is 0.316 e. The number of phenols is 1. The fraction of sp³-hybridized carbons (Fsp3) is 0.536. The summed E-state index contributed by atoms with van der Waals surface area (Å²) in [5.41, 5.74) is 0.844. The van der Waals surface area contributed by atoms with Crippen molar-refractivity contribution in [3.8, 4) is 17.2 Å². The van der Waals surface area contributed by atoms with E-state index in [1.807, 2.05) is 32.9 Å². The van der Waals surface area contributed by atoms with Gasteiger partial charge in [0.25, 0.3) is 0 Å². The van der Waals surface area contributed by atoms with Crippen LogP contribution in [0.3, 0.4) is 0 Å². The highest BCUT2D eigenvalue weighted by Crippen LogP contribution is 2.27. The number of methoxy groups -OCH3 is 1. The van der Waals surface area contributed by atoms with E-state index in [1.54, 1.807) is 19.2 Å². The molecule has 0 aliphatic carbocycles. The quantitative estimate of drug-likeness (QED) is 0.255. The fourth-order valence-corrected chi connectivity index (χ4v) is 2.72. The van der Waals surface area contributed by atoms with Crippen LogP contribution in [-0.4, -0.2) is 24.5 Å². The highest BCUT2D eigenvalue weighted by molar-refractivity contribution is 5.78. The Morgan fingerprint density at radius 3 is 1.85 bits per heavy atom. The summed E-state index contributed by atoms with van der Waals surface area (Å²) in [4.78, 5) is 11.7. The molecule has 1 N–H and O–H groups in total. The molecule has 0 aliphatic rings. The fourth-order valence-electron chi connectivity index (χ4n) is 2.72. The predicted molar refractivity (Wildman–Crippen MR) is 134 cm³/mol. The molecule has 0 heterocycles. The van der Waals surface area contributed by atoms with Crippen LogP contribution in [0.25, 0.3) is 0 Å². The van der Waals surface area contributed by atoms with Gasteiger partial charge in [0.2, 0.25) is 6.29 Å². The van der Waals surface area contributed by atoms with Gasteiger partial charge in [-0.1, -0.05) is 53.7 Å². The number of ether oxygens (including phenoxy) is 3.